The molecule has 0 fully saturated rings. The van der Waals surface area contributed by atoms with Gasteiger partial charge in [0.25, 0.3) is 0 Å². The van der Waals surface area contributed by atoms with E-state index in [1.165, 1.54) is 6.26 Å². The fourth-order valence-corrected chi connectivity index (χ4v) is 2.31. The number of hydrogen-bond donors (Lipinski definition) is 2. The number of benzene rings is 1. The van der Waals surface area contributed by atoms with Crippen molar-refractivity contribution >= 4 is 15.9 Å². The molecule has 0 radical (unpaired) electrons. The average molecular weight is 308 g/mol. The molecule has 0 unspecified atom stereocenters. The van der Waals surface area contributed by atoms with Crippen LogP contribution < -0.4 is 10.6 Å². The van der Waals surface area contributed by atoms with E-state index in [9.17, 15) is 13.2 Å². The van der Waals surface area contributed by atoms with Gasteiger partial charge >= 0.3 is 6.03 Å². The van der Waals surface area contributed by atoms with Crippen molar-refractivity contribution in [2.24, 2.45) is 0 Å². The lowest BCUT2D eigenvalue weighted by atomic mass is 10.2. The minimum atomic E-state index is -3.00. The molecule has 1 rings (SSSR count). The van der Waals surface area contributed by atoms with E-state index in [1.807, 2.05) is 30.3 Å². The summed E-state index contributed by atoms with van der Waals surface area (Å²) in [7, 11) is -3.00. The molecule has 2 amide bonds. The molecule has 0 spiro atoms. The molecule has 1 aromatic carbocycles. The number of amides is 2. The van der Waals surface area contributed by atoms with E-state index in [0.717, 1.165) is 5.56 Å². The molecule has 0 aliphatic rings. The van der Waals surface area contributed by atoms with Gasteiger partial charge in [-0.25, -0.2) is 13.2 Å². The first-order valence-electron chi connectivity index (χ1n) is 6.63. The summed E-state index contributed by atoms with van der Waals surface area (Å²) in [4.78, 5) is 11.5. The van der Waals surface area contributed by atoms with Crippen molar-refractivity contribution in [3.63, 3.8) is 0 Å². The third kappa shape index (κ3) is 8.71. The number of sulfone groups is 1. The second-order valence-corrected chi connectivity index (χ2v) is 7.07. The van der Waals surface area contributed by atoms with Crippen molar-refractivity contribution in [1.29, 1.82) is 0 Å². The summed E-state index contributed by atoms with van der Waals surface area (Å²) in [6.45, 7) is 2.00. The van der Waals surface area contributed by atoms with E-state index in [1.54, 1.807) is 6.92 Å². The van der Waals surface area contributed by atoms with Gasteiger partial charge in [-0.1, -0.05) is 30.0 Å². The molecular weight excluding hydrogens is 288 g/mol. The number of rotatable bonds is 5. The largest absolute Gasteiger partial charge is 0.336 e. The Kier molecular flexibility index (Phi) is 6.76. The number of urea groups is 1. The van der Waals surface area contributed by atoms with Gasteiger partial charge in [0.2, 0.25) is 0 Å². The van der Waals surface area contributed by atoms with Crippen LogP contribution in [0.5, 0.6) is 0 Å². The van der Waals surface area contributed by atoms with Crippen LogP contribution in [0.1, 0.15) is 18.9 Å². The molecule has 0 saturated heterocycles. The van der Waals surface area contributed by atoms with Crippen LogP contribution in [0.2, 0.25) is 0 Å². The predicted octanol–water partition coefficient (Wildman–Crippen LogP) is 1.16. The second-order valence-electron chi connectivity index (χ2n) is 4.81. The Hall–Kier alpha value is -2.00. The topological polar surface area (TPSA) is 75.3 Å². The fourth-order valence-electron chi connectivity index (χ4n) is 1.53. The van der Waals surface area contributed by atoms with E-state index < -0.39 is 9.84 Å². The summed E-state index contributed by atoms with van der Waals surface area (Å²) in [5, 5.41) is 5.28. The maximum absolute atomic E-state index is 11.5. The van der Waals surface area contributed by atoms with Crippen LogP contribution in [0.25, 0.3) is 0 Å². The van der Waals surface area contributed by atoms with Crippen molar-refractivity contribution in [2.45, 2.75) is 19.4 Å². The van der Waals surface area contributed by atoms with Gasteiger partial charge in [-0.05, 0) is 25.5 Å². The SMILES string of the molecule is C[C@H](CCS(C)(=O)=O)NC(=O)NCC#Cc1ccccc1. The highest BCUT2D eigenvalue weighted by Gasteiger charge is 2.09. The average Bonchev–Trinajstić information content (AvgIpc) is 2.42. The molecule has 0 saturated carbocycles. The fraction of sp³-hybridized carbons (Fsp3) is 0.400. The summed E-state index contributed by atoms with van der Waals surface area (Å²) >= 11 is 0. The Morgan fingerprint density at radius 3 is 2.57 bits per heavy atom. The van der Waals surface area contributed by atoms with E-state index in [-0.39, 0.29) is 24.4 Å². The third-order valence-electron chi connectivity index (χ3n) is 2.64. The van der Waals surface area contributed by atoms with Crippen molar-refractivity contribution in [3.05, 3.63) is 35.9 Å². The molecule has 0 aliphatic carbocycles. The van der Waals surface area contributed by atoms with Gasteiger partial charge in [0.05, 0.1) is 12.3 Å². The first-order chi connectivity index (χ1) is 9.87. The molecule has 0 bridgehead atoms. The molecule has 2 N–H and O–H groups in total. The van der Waals surface area contributed by atoms with Crippen molar-refractivity contribution in [3.8, 4) is 11.8 Å². The van der Waals surface area contributed by atoms with Crippen molar-refractivity contribution in [2.75, 3.05) is 18.6 Å². The molecule has 21 heavy (non-hydrogen) atoms. The zero-order valence-corrected chi connectivity index (χ0v) is 13.0. The van der Waals surface area contributed by atoms with Gasteiger partial charge in [-0.2, -0.15) is 0 Å². The van der Waals surface area contributed by atoms with Gasteiger partial charge in [0, 0.05) is 17.9 Å². The summed E-state index contributed by atoms with van der Waals surface area (Å²) in [6.07, 6.45) is 1.57. The minimum absolute atomic E-state index is 0.0578. The first kappa shape index (κ1) is 17.1. The number of carbonyl (C=O) groups excluding carboxylic acids is 1. The van der Waals surface area contributed by atoms with Crippen LogP contribution in [-0.4, -0.2) is 39.0 Å². The minimum Gasteiger partial charge on any atom is -0.336 e. The predicted molar refractivity (Wildman–Crippen MR) is 83.6 cm³/mol. The van der Waals surface area contributed by atoms with Gasteiger partial charge < -0.3 is 10.6 Å². The molecule has 1 atom stereocenters. The Morgan fingerprint density at radius 2 is 1.95 bits per heavy atom. The smallest absolute Gasteiger partial charge is 0.315 e. The Labute approximate surface area is 126 Å². The lowest BCUT2D eigenvalue weighted by Crippen LogP contribution is -2.41. The van der Waals surface area contributed by atoms with Crippen LogP contribution in [0, 0.1) is 11.8 Å². The Balaban J connectivity index is 2.27. The van der Waals surface area contributed by atoms with E-state index in [2.05, 4.69) is 22.5 Å². The molecule has 5 nitrogen and oxygen atoms in total. The van der Waals surface area contributed by atoms with Gasteiger partial charge in [0.1, 0.15) is 9.84 Å². The zero-order chi connectivity index (χ0) is 15.7. The Morgan fingerprint density at radius 1 is 1.29 bits per heavy atom. The van der Waals surface area contributed by atoms with E-state index in [0.29, 0.717) is 6.42 Å². The van der Waals surface area contributed by atoms with Crippen LogP contribution in [0.3, 0.4) is 0 Å². The summed E-state index contributed by atoms with van der Waals surface area (Å²) < 4.78 is 22.0. The second kappa shape index (κ2) is 8.32. The third-order valence-corrected chi connectivity index (χ3v) is 3.62. The highest BCUT2D eigenvalue weighted by Crippen LogP contribution is 1.95. The first-order valence-corrected chi connectivity index (χ1v) is 8.69. The van der Waals surface area contributed by atoms with Crippen LogP contribution >= 0.6 is 0 Å². The molecule has 6 heteroatoms. The van der Waals surface area contributed by atoms with Gasteiger partial charge in [-0.15, -0.1) is 0 Å². The molecule has 0 aliphatic heterocycles. The highest BCUT2D eigenvalue weighted by molar-refractivity contribution is 7.90. The van der Waals surface area contributed by atoms with Crippen LogP contribution in [-0.2, 0) is 9.84 Å². The summed E-state index contributed by atoms with van der Waals surface area (Å²) in [5.74, 6) is 5.83. The highest BCUT2D eigenvalue weighted by atomic mass is 32.2. The number of nitrogens with one attached hydrogen (secondary N) is 2. The van der Waals surface area contributed by atoms with Crippen molar-refractivity contribution in [1.82, 2.24) is 10.6 Å². The number of carbonyl (C=O) groups is 1. The molecule has 0 heterocycles. The monoisotopic (exact) mass is 308 g/mol. The molecule has 1 aromatic rings. The maximum atomic E-state index is 11.5. The molecule has 114 valence electrons. The van der Waals surface area contributed by atoms with Gasteiger partial charge in [-0.3, -0.25) is 0 Å². The standard InChI is InChI=1S/C15H20N2O3S/c1-13(10-12-21(2,19)20)17-15(18)16-11-6-9-14-7-4-3-5-8-14/h3-5,7-8,13H,10-12H2,1-2H3,(H2,16,17,18)/t13-/m1/s1. The maximum Gasteiger partial charge on any atom is 0.315 e. The normalized spacial score (nSPS) is 11.9. The van der Waals surface area contributed by atoms with E-state index in [4.69, 9.17) is 0 Å². The summed E-state index contributed by atoms with van der Waals surface area (Å²) in [6, 6.07) is 8.93. The zero-order valence-electron chi connectivity index (χ0n) is 12.2. The Bertz CT molecular complexity index is 615. The summed E-state index contributed by atoms with van der Waals surface area (Å²) in [5.41, 5.74) is 0.890. The van der Waals surface area contributed by atoms with Crippen molar-refractivity contribution < 1.29 is 13.2 Å². The van der Waals surface area contributed by atoms with Gasteiger partial charge in [0.15, 0.2) is 0 Å². The number of hydrogen-bond acceptors (Lipinski definition) is 3. The van der Waals surface area contributed by atoms with E-state index >= 15 is 0 Å². The lowest BCUT2D eigenvalue weighted by Gasteiger charge is -2.13. The van der Waals surface area contributed by atoms with Crippen LogP contribution in [0.15, 0.2) is 30.3 Å². The quantitative estimate of drug-likeness (QED) is 0.802. The van der Waals surface area contributed by atoms with Crippen LogP contribution in [0.4, 0.5) is 4.79 Å². The lowest BCUT2D eigenvalue weighted by molar-refractivity contribution is 0.238. The molecule has 0 aromatic heterocycles. The molecular formula is C15H20N2O3S.